The molecule has 0 radical (unpaired) electrons. The van der Waals surface area contributed by atoms with E-state index in [0.717, 1.165) is 13.1 Å². The van der Waals surface area contributed by atoms with Crippen molar-refractivity contribution >= 4 is 11.6 Å². The van der Waals surface area contributed by atoms with E-state index < -0.39 is 6.43 Å². The molecule has 0 bridgehead atoms. The van der Waals surface area contributed by atoms with Gasteiger partial charge in [-0.2, -0.15) is 14.6 Å². The third-order valence-corrected chi connectivity index (χ3v) is 4.52. The molecule has 0 aromatic carbocycles. The van der Waals surface area contributed by atoms with E-state index in [1.54, 1.807) is 0 Å². The second-order valence-electron chi connectivity index (χ2n) is 6.01. The van der Waals surface area contributed by atoms with Crippen LogP contribution in [0.5, 0.6) is 0 Å². The average Bonchev–Trinajstić information content (AvgIpc) is 3.08. The standard InChI is InChI=1S/C14H18F2N6O2/c15-12(16)10-5-11(22-13(20-10)18-9-19-22)17-6-14-7-23-3-1-21(14)2-4-24-8-14/h5,9,12,17H,1-4,6-8H2. The number of hydrogen-bond donors (Lipinski definition) is 1. The lowest BCUT2D eigenvalue weighted by atomic mass is 9.96. The lowest BCUT2D eigenvalue weighted by molar-refractivity contribution is -0.135. The van der Waals surface area contributed by atoms with Gasteiger partial charge in [-0.25, -0.2) is 13.8 Å². The Morgan fingerprint density at radius 1 is 1.25 bits per heavy atom. The predicted octanol–water partition coefficient (Wildman–Crippen LogP) is 0.575. The van der Waals surface area contributed by atoms with Crippen LogP contribution in [-0.2, 0) is 9.47 Å². The highest BCUT2D eigenvalue weighted by molar-refractivity contribution is 5.45. The lowest BCUT2D eigenvalue weighted by Crippen LogP contribution is -2.66. The highest BCUT2D eigenvalue weighted by Crippen LogP contribution is 2.26. The quantitative estimate of drug-likeness (QED) is 0.872. The molecule has 2 aliphatic rings. The number of nitrogens with zero attached hydrogens (tertiary/aromatic N) is 5. The molecule has 0 saturated carbocycles. The van der Waals surface area contributed by atoms with Crippen molar-refractivity contribution in [1.82, 2.24) is 24.5 Å². The topological polar surface area (TPSA) is 76.8 Å². The van der Waals surface area contributed by atoms with Crippen LogP contribution in [0.1, 0.15) is 12.1 Å². The maximum absolute atomic E-state index is 13.0. The van der Waals surface area contributed by atoms with E-state index in [4.69, 9.17) is 9.47 Å². The number of rotatable bonds is 4. The van der Waals surface area contributed by atoms with Crippen LogP contribution in [0.2, 0.25) is 0 Å². The van der Waals surface area contributed by atoms with Crippen molar-refractivity contribution in [3.8, 4) is 0 Å². The Kier molecular flexibility index (Phi) is 4.02. The number of aromatic nitrogens is 4. The molecule has 130 valence electrons. The predicted molar refractivity (Wildman–Crippen MR) is 80.2 cm³/mol. The van der Waals surface area contributed by atoms with E-state index in [0.29, 0.717) is 38.8 Å². The van der Waals surface area contributed by atoms with Crippen LogP contribution in [0, 0.1) is 0 Å². The van der Waals surface area contributed by atoms with E-state index in [2.05, 4.69) is 25.3 Å². The van der Waals surface area contributed by atoms with Gasteiger partial charge in [-0.05, 0) is 0 Å². The van der Waals surface area contributed by atoms with Crippen LogP contribution in [0.25, 0.3) is 5.78 Å². The summed E-state index contributed by atoms with van der Waals surface area (Å²) in [5.41, 5.74) is -0.635. The first-order valence-corrected chi connectivity index (χ1v) is 7.81. The van der Waals surface area contributed by atoms with Gasteiger partial charge >= 0.3 is 0 Å². The fourth-order valence-corrected chi connectivity index (χ4v) is 3.22. The molecule has 0 unspecified atom stereocenters. The van der Waals surface area contributed by atoms with Gasteiger partial charge in [0.1, 0.15) is 17.8 Å². The largest absolute Gasteiger partial charge is 0.378 e. The summed E-state index contributed by atoms with van der Waals surface area (Å²) in [6.07, 6.45) is -1.38. The SMILES string of the molecule is FC(F)c1cc(NCC23COCCN2CCOC3)n2ncnc2n1. The molecule has 0 spiro atoms. The van der Waals surface area contributed by atoms with E-state index >= 15 is 0 Å². The summed E-state index contributed by atoms with van der Waals surface area (Å²) in [6.45, 7) is 4.62. The third-order valence-electron chi connectivity index (χ3n) is 4.52. The van der Waals surface area contributed by atoms with Crippen molar-refractivity contribution < 1.29 is 18.3 Å². The number of morpholine rings is 2. The van der Waals surface area contributed by atoms with Crippen LogP contribution in [0.4, 0.5) is 14.6 Å². The van der Waals surface area contributed by atoms with Gasteiger partial charge < -0.3 is 14.8 Å². The summed E-state index contributed by atoms with van der Waals surface area (Å²) >= 11 is 0. The molecule has 2 aliphatic heterocycles. The van der Waals surface area contributed by atoms with Gasteiger partial charge in [-0.15, -0.1) is 0 Å². The van der Waals surface area contributed by atoms with Crippen molar-refractivity contribution in [3.63, 3.8) is 0 Å². The molecule has 8 nitrogen and oxygen atoms in total. The van der Waals surface area contributed by atoms with Gasteiger partial charge in [0.15, 0.2) is 0 Å². The number of fused-ring (bicyclic) bond motifs is 2. The Morgan fingerprint density at radius 2 is 2.00 bits per heavy atom. The number of anilines is 1. The molecule has 2 aromatic heterocycles. The average molecular weight is 340 g/mol. The molecule has 10 heteroatoms. The molecule has 2 fully saturated rings. The summed E-state index contributed by atoms with van der Waals surface area (Å²) < 4.78 is 38.8. The monoisotopic (exact) mass is 340 g/mol. The van der Waals surface area contributed by atoms with Crippen LogP contribution in [0.15, 0.2) is 12.4 Å². The Hall–Kier alpha value is -1.91. The Labute approximate surface area is 136 Å². The second kappa shape index (κ2) is 6.19. The van der Waals surface area contributed by atoms with Gasteiger partial charge in [-0.1, -0.05) is 0 Å². The highest BCUT2D eigenvalue weighted by atomic mass is 19.3. The first-order chi connectivity index (χ1) is 11.7. The van der Waals surface area contributed by atoms with Crippen LogP contribution >= 0.6 is 0 Å². The Morgan fingerprint density at radius 3 is 2.71 bits per heavy atom. The summed E-state index contributed by atoms with van der Waals surface area (Å²) in [7, 11) is 0. The summed E-state index contributed by atoms with van der Waals surface area (Å²) in [6, 6.07) is 1.31. The third kappa shape index (κ3) is 2.70. The fourth-order valence-electron chi connectivity index (χ4n) is 3.22. The zero-order valence-corrected chi connectivity index (χ0v) is 13.0. The second-order valence-corrected chi connectivity index (χ2v) is 6.01. The molecule has 4 heterocycles. The van der Waals surface area contributed by atoms with Crippen molar-refractivity contribution in [3.05, 3.63) is 18.1 Å². The van der Waals surface area contributed by atoms with Crippen LogP contribution in [-0.4, -0.2) is 76.1 Å². The molecule has 0 amide bonds. The fraction of sp³-hybridized carbons (Fsp3) is 0.643. The van der Waals surface area contributed by atoms with E-state index in [-0.39, 0.29) is 17.0 Å². The molecule has 2 aromatic rings. The minimum atomic E-state index is -2.67. The van der Waals surface area contributed by atoms with Gasteiger partial charge in [0.05, 0.1) is 32.0 Å². The maximum Gasteiger partial charge on any atom is 0.280 e. The van der Waals surface area contributed by atoms with Gasteiger partial charge in [0.25, 0.3) is 12.2 Å². The number of hydrogen-bond acceptors (Lipinski definition) is 7. The lowest BCUT2D eigenvalue weighted by Gasteiger charge is -2.49. The van der Waals surface area contributed by atoms with E-state index in [1.165, 1.54) is 16.9 Å². The van der Waals surface area contributed by atoms with Crippen LogP contribution < -0.4 is 5.32 Å². The zero-order valence-electron chi connectivity index (χ0n) is 13.0. The molecule has 0 atom stereocenters. The number of ether oxygens (including phenoxy) is 2. The van der Waals surface area contributed by atoms with E-state index in [1.807, 2.05) is 0 Å². The van der Waals surface area contributed by atoms with Gasteiger partial charge in [-0.3, -0.25) is 4.90 Å². The van der Waals surface area contributed by atoms with Crippen molar-refractivity contribution in [2.45, 2.75) is 12.0 Å². The summed E-state index contributed by atoms with van der Waals surface area (Å²) in [5.74, 6) is 0.572. The normalized spacial score (nSPS) is 21.1. The first kappa shape index (κ1) is 15.6. The smallest absolute Gasteiger partial charge is 0.280 e. The molecular weight excluding hydrogens is 322 g/mol. The molecule has 24 heavy (non-hydrogen) atoms. The molecule has 0 aliphatic carbocycles. The summed E-state index contributed by atoms with van der Waals surface area (Å²) in [5, 5.41) is 7.26. The zero-order chi connectivity index (χ0) is 16.6. The number of nitrogens with one attached hydrogen (secondary N) is 1. The molecule has 1 N–H and O–H groups in total. The molecule has 4 rings (SSSR count). The van der Waals surface area contributed by atoms with Crippen LogP contribution in [0.3, 0.4) is 0 Å². The van der Waals surface area contributed by atoms with Gasteiger partial charge in [0.2, 0.25) is 0 Å². The van der Waals surface area contributed by atoms with Crippen molar-refractivity contribution in [2.75, 3.05) is 51.4 Å². The Bertz CT molecular complexity index is 712. The molecular formula is C14H18F2N6O2. The number of alkyl halides is 2. The minimum Gasteiger partial charge on any atom is -0.378 e. The minimum absolute atomic E-state index is 0.143. The summed E-state index contributed by atoms with van der Waals surface area (Å²) in [4.78, 5) is 10.0. The first-order valence-electron chi connectivity index (χ1n) is 7.81. The molecule has 2 saturated heterocycles. The Balaban J connectivity index is 1.60. The highest BCUT2D eigenvalue weighted by Gasteiger charge is 2.42. The number of halogens is 2. The van der Waals surface area contributed by atoms with Gasteiger partial charge in [0, 0.05) is 25.7 Å². The van der Waals surface area contributed by atoms with E-state index in [9.17, 15) is 8.78 Å². The maximum atomic E-state index is 13.0. The van der Waals surface area contributed by atoms with Crippen molar-refractivity contribution in [1.29, 1.82) is 0 Å². The van der Waals surface area contributed by atoms with Crippen molar-refractivity contribution in [2.24, 2.45) is 0 Å².